The van der Waals surface area contributed by atoms with Gasteiger partial charge in [0.25, 0.3) is 0 Å². The number of ether oxygens (including phenoxy) is 1. The van der Waals surface area contributed by atoms with Crippen molar-refractivity contribution in [3.05, 3.63) is 18.2 Å². The van der Waals surface area contributed by atoms with Gasteiger partial charge in [-0.2, -0.15) is 0 Å². The van der Waals surface area contributed by atoms with Crippen LogP contribution in [0.25, 0.3) is 0 Å². The summed E-state index contributed by atoms with van der Waals surface area (Å²) in [6, 6.07) is 5.44. The zero-order valence-corrected chi connectivity index (χ0v) is 13.4. The molecule has 1 aromatic carbocycles. The van der Waals surface area contributed by atoms with E-state index in [1.807, 2.05) is 39.8 Å². The highest BCUT2D eigenvalue weighted by Crippen LogP contribution is 2.37. The fourth-order valence-electron chi connectivity index (χ4n) is 2.14. The quantitative estimate of drug-likeness (QED) is 0.865. The van der Waals surface area contributed by atoms with E-state index in [2.05, 4.69) is 5.32 Å². The Hall–Kier alpha value is -1.53. The average molecular weight is 291 g/mol. The topological polar surface area (TPSA) is 56.8 Å². The summed E-state index contributed by atoms with van der Waals surface area (Å²) in [5.74, 6) is 0.514. The Bertz CT molecular complexity index is 541. The van der Waals surface area contributed by atoms with Gasteiger partial charge in [-0.05, 0) is 33.8 Å². The maximum Gasteiger partial charge on any atom is 0.496 e. The summed E-state index contributed by atoms with van der Waals surface area (Å²) in [6.07, 6.45) is 0. The first kappa shape index (κ1) is 15.9. The van der Waals surface area contributed by atoms with E-state index in [0.717, 1.165) is 5.46 Å². The van der Waals surface area contributed by atoms with E-state index in [-0.39, 0.29) is 5.91 Å². The number of hydrogen-bond acceptors (Lipinski definition) is 4. The number of hydrogen-bond donors (Lipinski definition) is 1. The van der Waals surface area contributed by atoms with Crippen LogP contribution in [0.5, 0.6) is 5.75 Å². The van der Waals surface area contributed by atoms with Crippen molar-refractivity contribution in [1.29, 1.82) is 0 Å². The molecule has 5 nitrogen and oxygen atoms in total. The number of methoxy groups -OCH3 is 1. The Labute approximate surface area is 126 Å². The second-order valence-corrected chi connectivity index (χ2v) is 6.22. The summed E-state index contributed by atoms with van der Waals surface area (Å²) in [7, 11) is 1.06. The molecule has 1 amide bonds. The van der Waals surface area contributed by atoms with Crippen molar-refractivity contribution >= 4 is 24.2 Å². The Morgan fingerprint density at radius 3 is 2.24 bits per heavy atom. The van der Waals surface area contributed by atoms with Gasteiger partial charge in [-0.15, -0.1) is 0 Å². The van der Waals surface area contributed by atoms with Gasteiger partial charge < -0.3 is 19.4 Å². The molecule has 0 unspecified atom stereocenters. The van der Waals surface area contributed by atoms with Gasteiger partial charge in [-0.1, -0.05) is 6.07 Å². The standard InChI is InChI=1S/C15H22BNO4/c1-10(18)17-13-9-11(19-6)7-8-12(13)16-20-14(2,3)15(4,5)21-16/h7-9H,1-6H3,(H,17,18). The van der Waals surface area contributed by atoms with Gasteiger partial charge in [0, 0.05) is 24.1 Å². The third-order valence-corrected chi connectivity index (χ3v) is 4.08. The summed E-state index contributed by atoms with van der Waals surface area (Å²) in [6.45, 7) is 9.44. The SMILES string of the molecule is COc1ccc(B2OC(C)(C)C(C)(C)O2)c(NC(C)=O)c1. The molecule has 0 spiro atoms. The second kappa shape index (κ2) is 5.35. The van der Waals surface area contributed by atoms with Crippen molar-refractivity contribution in [3.8, 4) is 5.75 Å². The molecule has 1 aromatic rings. The smallest absolute Gasteiger partial charge is 0.496 e. The first-order chi connectivity index (χ1) is 9.66. The summed E-state index contributed by atoms with van der Waals surface area (Å²) in [5.41, 5.74) is 0.570. The highest BCUT2D eigenvalue weighted by molar-refractivity contribution is 6.64. The molecular formula is C15H22BNO4. The normalized spacial score (nSPS) is 19.4. The molecule has 0 saturated carbocycles. The molecule has 0 bridgehead atoms. The van der Waals surface area contributed by atoms with Crippen LogP contribution in [-0.4, -0.2) is 31.3 Å². The van der Waals surface area contributed by atoms with Crippen molar-refractivity contribution in [1.82, 2.24) is 0 Å². The van der Waals surface area contributed by atoms with Crippen molar-refractivity contribution in [2.24, 2.45) is 0 Å². The summed E-state index contributed by atoms with van der Waals surface area (Å²) < 4.78 is 17.3. The van der Waals surface area contributed by atoms with E-state index in [9.17, 15) is 4.79 Å². The van der Waals surface area contributed by atoms with Gasteiger partial charge in [-0.25, -0.2) is 0 Å². The lowest BCUT2D eigenvalue weighted by Gasteiger charge is -2.32. The summed E-state index contributed by atoms with van der Waals surface area (Å²) in [4.78, 5) is 11.4. The highest BCUT2D eigenvalue weighted by Gasteiger charge is 2.52. The molecule has 0 aliphatic carbocycles. The van der Waals surface area contributed by atoms with Crippen LogP contribution in [0.15, 0.2) is 18.2 Å². The lowest BCUT2D eigenvalue weighted by Crippen LogP contribution is -2.41. The molecule has 1 heterocycles. The molecule has 0 radical (unpaired) electrons. The lowest BCUT2D eigenvalue weighted by molar-refractivity contribution is -0.114. The van der Waals surface area contributed by atoms with Gasteiger partial charge in [0.15, 0.2) is 0 Å². The zero-order chi connectivity index (χ0) is 15.8. The summed E-state index contributed by atoms with van der Waals surface area (Å²) >= 11 is 0. The average Bonchev–Trinajstić information content (AvgIpc) is 2.57. The maximum atomic E-state index is 11.4. The van der Waals surface area contributed by atoms with Crippen LogP contribution in [-0.2, 0) is 14.1 Å². The Morgan fingerprint density at radius 1 is 1.19 bits per heavy atom. The minimum atomic E-state index is -0.525. The molecule has 1 fully saturated rings. The van der Waals surface area contributed by atoms with E-state index in [0.29, 0.717) is 11.4 Å². The van der Waals surface area contributed by atoms with Crippen molar-refractivity contribution in [2.75, 3.05) is 12.4 Å². The number of amides is 1. The molecule has 6 heteroatoms. The molecule has 0 atom stereocenters. The molecule has 21 heavy (non-hydrogen) atoms. The van der Waals surface area contributed by atoms with Gasteiger partial charge in [-0.3, -0.25) is 4.79 Å². The van der Waals surface area contributed by atoms with Gasteiger partial charge in [0.2, 0.25) is 5.91 Å². The molecule has 2 rings (SSSR count). The second-order valence-electron chi connectivity index (χ2n) is 6.22. The van der Waals surface area contributed by atoms with Crippen molar-refractivity contribution < 1.29 is 18.8 Å². The Kier molecular flexibility index (Phi) is 4.04. The van der Waals surface area contributed by atoms with Gasteiger partial charge >= 0.3 is 7.12 Å². The van der Waals surface area contributed by atoms with Crippen molar-refractivity contribution in [3.63, 3.8) is 0 Å². The predicted octanol–water partition coefficient (Wildman–Crippen LogP) is 1.95. The Morgan fingerprint density at radius 2 is 1.76 bits per heavy atom. The molecule has 1 aliphatic rings. The number of rotatable bonds is 3. The lowest BCUT2D eigenvalue weighted by atomic mass is 9.77. The van der Waals surface area contributed by atoms with Crippen molar-refractivity contribution in [2.45, 2.75) is 45.8 Å². The monoisotopic (exact) mass is 291 g/mol. The van der Waals surface area contributed by atoms with Crippen LogP contribution in [0.4, 0.5) is 5.69 Å². The molecule has 1 N–H and O–H groups in total. The largest absolute Gasteiger partial charge is 0.497 e. The van der Waals surface area contributed by atoms with E-state index in [4.69, 9.17) is 14.0 Å². The fourth-order valence-corrected chi connectivity index (χ4v) is 2.14. The number of anilines is 1. The third kappa shape index (κ3) is 3.06. The molecule has 1 aliphatic heterocycles. The van der Waals surface area contributed by atoms with E-state index in [1.54, 1.807) is 13.2 Å². The third-order valence-electron chi connectivity index (χ3n) is 4.08. The molecule has 0 aromatic heterocycles. The van der Waals surface area contributed by atoms with Crippen LogP contribution in [0.3, 0.4) is 0 Å². The van der Waals surface area contributed by atoms with Crippen LogP contribution in [0.2, 0.25) is 0 Å². The van der Waals surface area contributed by atoms with Crippen LogP contribution < -0.4 is 15.5 Å². The fraction of sp³-hybridized carbons (Fsp3) is 0.533. The molecule has 1 saturated heterocycles. The zero-order valence-electron chi connectivity index (χ0n) is 13.4. The van der Waals surface area contributed by atoms with Gasteiger partial charge in [0.05, 0.1) is 18.3 Å². The first-order valence-electron chi connectivity index (χ1n) is 6.97. The minimum Gasteiger partial charge on any atom is -0.497 e. The van der Waals surface area contributed by atoms with Crippen LogP contribution >= 0.6 is 0 Å². The number of carbonyl (C=O) groups excluding carboxylic acids is 1. The number of benzene rings is 1. The van der Waals surface area contributed by atoms with Crippen LogP contribution in [0, 0.1) is 0 Å². The number of carbonyl (C=O) groups is 1. The Balaban J connectivity index is 2.38. The first-order valence-corrected chi connectivity index (χ1v) is 6.97. The van der Waals surface area contributed by atoms with E-state index >= 15 is 0 Å². The van der Waals surface area contributed by atoms with E-state index in [1.165, 1.54) is 6.92 Å². The minimum absolute atomic E-state index is 0.152. The van der Waals surface area contributed by atoms with E-state index < -0.39 is 18.3 Å². The highest BCUT2D eigenvalue weighted by atomic mass is 16.7. The molecule has 114 valence electrons. The predicted molar refractivity (Wildman–Crippen MR) is 83.0 cm³/mol. The van der Waals surface area contributed by atoms with Gasteiger partial charge in [0.1, 0.15) is 5.75 Å². The molecular weight excluding hydrogens is 269 g/mol. The number of nitrogens with one attached hydrogen (secondary N) is 1. The van der Waals surface area contributed by atoms with Crippen LogP contribution in [0.1, 0.15) is 34.6 Å². The summed E-state index contributed by atoms with van der Waals surface area (Å²) in [5, 5.41) is 2.80. The maximum absolute atomic E-state index is 11.4.